The molecule has 0 radical (unpaired) electrons. The van der Waals surface area contributed by atoms with E-state index in [4.69, 9.17) is 14.2 Å². The van der Waals surface area contributed by atoms with Crippen LogP contribution in [0.15, 0.2) is 84.9 Å². The number of rotatable bonds is 14. The predicted molar refractivity (Wildman–Crippen MR) is 132 cm³/mol. The lowest BCUT2D eigenvalue weighted by atomic mass is 10.1. The van der Waals surface area contributed by atoms with Crippen LogP contribution in [0.1, 0.15) is 31.2 Å². The maximum atomic E-state index is 12.1. The van der Waals surface area contributed by atoms with E-state index in [9.17, 15) is 9.59 Å². The lowest BCUT2D eigenvalue weighted by Crippen LogP contribution is -2.13. The molecule has 34 heavy (non-hydrogen) atoms. The highest BCUT2D eigenvalue weighted by Gasteiger charge is 2.07. The van der Waals surface area contributed by atoms with Gasteiger partial charge in [0.15, 0.2) is 0 Å². The van der Waals surface area contributed by atoms with Gasteiger partial charge in [0.05, 0.1) is 6.61 Å². The highest BCUT2D eigenvalue weighted by atomic mass is 16.5. The van der Waals surface area contributed by atoms with Gasteiger partial charge in [-0.1, -0.05) is 48.5 Å². The van der Waals surface area contributed by atoms with Gasteiger partial charge >= 0.3 is 5.97 Å². The number of amides is 1. The fourth-order valence-corrected chi connectivity index (χ4v) is 3.27. The van der Waals surface area contributed by atoms with Crippen LogP contribution >= 0.6 is 0 Å². The van der Waals surface area contributed by atoms with Crippen LogP contribution in [0.2, 0.25) is 0 Å². The fraction of sp³-hybridized carbons (Fsp3) is 0.286. The van der Waals surface area contributed by atoms with Crippen LogP contribution in [0.4, 0.5) is 5.69 Å². The maximum Gasteiger partial charge on any atom is 0.305 e. The van der Waals surface area contributed by atoms with E-state index in [0.29, 0.717) is 37.7 Å². The normalized spacial score (nSPS) is 10.4. The Morgan fingerprint density at radius 2 is 1.26 bits per heavy atom. The zero-order valence-electron chi connectivity index (χ0n) is 19.3. The van der Waals surface area contributed by atoms with Gasteiger partial charge in [0, 0.05) is 18.5 Å². The smallest absolute Gasteiger partial charge is 0.305 e. The summed E-state index contributed by atoms with van der Waals surface area (Å²) in [6.45, 7) is 1.26. The minimum absolute atomic E-state index is 0.137. The summed E-state index contributed by atoms with van der Waals surface area (Å²) < 4.78 is 16.5. The van der Waals surface area contributed by atoms with Gasteiger partial charge in [0.25, 0.3) is 0 Å². The van der Waals surface area contributed by atoms with Crippen LogP contribution in [0.5, 0.6) is 11.5 Å². The van der Waals surface area contributed by atoms with Crippen molar-refractivity contribution in [1.29, 1.82) is 0 Å². The molecule has 0 spiro atoms. The lowest BCUT2D eigenvalue weighted by Gasteiger charge is -2.09. The van der Waals surface area contributed by atoms with Crippen molar-refractivity contribution in [1.82, 2.24) is 0 Å². The van der Waals surface area contributed by atoms with E-state index < -0.39 is 0 Å². The first-order valence-corrected chi connectivity index (χ1v) is 11.6. The Morgan fingerprint density at radius 1 is 0.647 bits per heavy atom. The molecule has 1 amide bonds. The van der Waals surface area contributed by atoms with Gasteiger partial charge in [-0.2, -0.15) is 0 Å². The molecule has 0 aliphatic heterocycles. The molecule has 0 heterocycles. The van der Waals surface area contributed by atoms with Crippen molar-refractivity contribution in [2.75, 3.05) is 25.1 Å². The molecule has 0 fully saturated rings. The summed E-state index contributed by atoms with van der Waals surface area (Å²) in [5.74, 6) is 1.10. The first kappa shape index (κ1) is 24.8. The van der Waals surface area contributed by atoms with Crippen LogP contribution in [-0.4, -0.2) is 31.7 Å². The van der Waals surface area contributed by atoms with Gasteiger partial charge in [-0.25, -0.2) is 0 Å². The van der Waals surface area contributed by atoms with Crippen molar-refractivity contribution < 1.29 is 23.8 Å². The van der Waals surface area contributed by atoms with Crippen molar-refractivity contribution in [3.05, 3.63) is 90.5 Å². The summed E-state index contributed by atoms with van der Waals surface area (Å²) in [5, 5.41) is 2.83. The molecule has 0 atom stereocenters. The molecular weight excluding hydrogens is 430 g/mol. The molecule has 1 N–H and O–H groups in total. The number of hydrogen-bond donors (Lipinski definition) is 1. The van der Waals surface area contributed by atoms with E-state index in [2.05, 4.69) is 17.4 Å². The van der Waals surface area contributed by atoms with E-state index in [-0.39, 0.29) is 24.7 Å². The number of benzene rings is 3. The standard InChI is InChI=1S/C28H31NO5/c30-27(14-7-15-28(31)34-20-8-11-23-9-3-1-4-10-23)29-24-16-18-26(19-17-24)33-22-21-32-25-12-5-2-6-13-25/h1-6,9-10,12-13,16-19H,7-8,11,14-15,20-22H2,(H,29,30). The number of ether oxygens (including phenoxy) is 3. The summed E-state index contributed by atoms with van der Waals surface area (Å²) in [6.07, 6.45) is 2.61. The zero-order chi connectivity index (χ0) is 23.8. The number of esters is 1. The number of para-hydroxylation sites is 1. The number of aryl methyl sites for hydroxylation is 1. The third-order valence-electron chi connectivity index (χ3n) is 5.00. The average molecular weight is 462 g/mol. The molecular formula is C28H31NO5. The molecule has 3 aromatic carbocycles. The third-order valence-corrected chi connectivity index (χ3v) is 5.00. The molecule has 0 saturated heterocycles. The lowest BCUT2D eigenvalue weighted by molar-refractivity contribution is -0.143. The molecule has 3 rings (SSSR count). The molecule has 0 aromatic heterocycles. The van der Waals surface area contributed by atoms with E-state index >= 15 is 0 Å². The largest absolute Gasteiger partial charge is 0.490 e. The van der Waals surface area contributed by atoms with E-state index in [1.807, 2.05) is 48.5 Å². The van der Waals surface area contributed by atoms with Crippen molar-refractivity contribution >= 4 is 17.6 Å². The molecule has 0 aliphatic carbocycles. The van der Waals surface area contributed by atoms with Crippen molar-refractivity contribution in [3.63, 3.8) is 0 Å². The fourth-order valence-electron chi connectivity index (χ4n) is 3.27. The van der Waals surface area contributed by atoms with E-state index in [0.717, 1.165) is 18.6 Å². The topological polar surface area (TPSA) is 73.9 Å². The summed E-state index contributed by atoms with van der Waals surface area (Å²) in [4.78, 5) is 24.0. The van der Waals surface area contributed by atoms with Gasteiger partial charge in [0.1, 0.15) is 24.7 Å². The van der Waals surface area contributed by atoms with Crippen LogP contribution in [0.3, 0.4) is 0 Å². The Bertz CT molecular complexity index is 990. The van der Waals surface area contributed by atoms with E-state index in [1.54, 1.807) is 24.3 Å². The second-order valence-electron chi connectivity index (χ2n) is 7.75. The second-order valence-corrected chi connectivity index (χ2v) is 7.75. The quantitative estimate of drug-likeness (QED) is 0.256. The number of nitrogens with one attached hydrogen (secondary N) is 1. The summed E-state index contributed by atoms with van der Waals surface area (Å²) in [6, 6.07) is 26.8. The van der Waals surface area contributed by atoms with Crippen molar-refractivity contribution in [3.8, 4) is 11.5 Å². The van der Waals surface area contributed by atoms with E-state index in [1.165, 1.54) is 5.56 Å². The van der Waals surface area contributed by atoms with Crippen LogP contribution in [0.25, 0.3) is 0 Å². The van der Waals surface area contributed by atoms with Gasteiger partial charge in [-0.15, -0.1) is 0 Å². The first-order chi connectivity index (χ1) is 16.7. The predicted octanol–water partition coefficient (Wildman–Crippen LogP) is 5.43. The van der Waals surface area contributed by atoms with Crippen LogP contribution in [0, 0.1) is 0 Å². The number of hydrogen-bond acceptors (Lipinski definition) is 5. The molecule has 6 heteroatoms. The van der Waals surface area contributed by atoms with Crippen LogP contribution in [-0.2, 0) is 20.7 Å². The Hall–Kier alpha value is -3.80. The van der Waals surface area contributed by atoms with Gasteiger partial charge in [-0.05, 0) is 61.2 Å². The first-order valence-electron chi connectivity index (χ1n) is 11.6. The molecule has 0 saturated carbocycles. The Balaban J connectivity index is 1.23. The Morgan fingerprint density at radius 3 is 1.94 bits per heavy atom. The third kappa shape index (κ3) is 9.77. The Kier molecular flexibility index (Phi) is 10.5. The van der Waals surface area contributed by atoms with Gasteiger partial charge < -0.3 is 19.5 Å². The summed E-state index contributed by atoms with van der Waals surface area (Å²) in [5.41, 5.74) is 1.91. The number of carbonyl (C=O) groups is 2. The minimum Gasteiger partial charge on any atom is -0.490 e. The number of carbonyl (C=O) groups excluding carboxylic acids is 2. The molecule has 0 bridgehead atoms. The summed E-state index contributed by atoms with van der Waals surface area (Å²) in [7, 11) is 0. The molecule has 0 aliphatic rings. The minimum atomic E-state index is -0.265. The highest BCUT2D eigenvalue weighted by molar-refractivity contribution is 5.90. The highest BCUT2D eigenvalue weighted by Crippen LogP contribution is 2.16. The zero-order valence-corrected chi connectivity index (χ0v) is 19.3. The molecule has 0 unspecified atom stereocenters. The van der Waals surface area contributed by atoms with Crippen molar-refractivity contribution in [2.45, 2.75) is 32.1 Å². The van der Waals surface area contributed by atoms with Gasteiger partial charge in [-0.3, -0.25) is 9.59 Å². The molecule has 6 nitrogen and oxygen atoms in total. The monoisotopic (exact) mass is 461 g/mol. The SMILES string of the molecule is O=C(CCCC(=O)OCCCc1ccccc1)Nc1ccc(OCCOc2ccccc2)cc1. The average Bonchev–Trinajstić information content (AvgIpc) is 2.87. The summed E-state index contributed by atoms with van der Waals surface area (Å²) >= 11 is 0. The van der Waals surface area contributed by atoms with Gasteiger partial charge in [0.2, 0.25) is 5.91 Å². The maximum absolute atomic E-state index is 12.1. The Labute approximate surface area is 200 Å². The molecule has 178 valence electrons. The van der Waals surface area contributed by atoms with Crippen molar-refractivity contribution in [2.24, 2.45) is 0 Å². The molecule has 3 aromatic rings. The number of anilines is 1. The van der Waals surface area contributed by atoms with Crippen LogP contribution < -0.4 is 14.8 Å². The second kappa shape index (κ2) is 14.4.